The molecule has 5 rings (SSSR count). The highest BCUT2D eigenvalue weighted by Crippen LogP contribution is 2.32. The van der Waals surface area contributed by atoms with Gasteiger partial charge in [-0.2, -0.15) is 4.57 Å². The lowest BCUT2D eigenvalue weighted by atomic mass is 9.98. The van der Waals surface area contributed by atoms with E-state index >= 15 is 0 Å². The number of hydrogen-bond acceptors (Lipinski definition) is 0. The smallest absolute Gasteiger partial charge is 0.225 e. The summed E-state index contributed by atoms with van der Waals surface area (Å²) in [5.74, 6) is 1.18. The maximum absolute atomic E-state index is 2.37. The molecule has 3 heteroatoms. The third-order valence-electron chi connectivity index (χ3n) is 5.93. The molecule has 0 amide bonds. The van der Waals surface area contributed by atoms with E-state index in [1.165, 1.54) is 44.9 Å². The van der Waals surface area contributed by atoms with E-state index in [1.807, 2.05) is 0 Å². The number of para-hydroxylation sites is 3. The van der Waals surface area contributed by atoms with E-state index in [1.54, 1.807) is 0 Å². The van der Waals surface area contributed by atoms with Crippen LogP contribution in [0.15, 0.2) is 97.2 Å². The molecule has 0 saturated carbocycles. The Morgan fingerprint density at radius 1 is 0.667 bits per heavy atom. The first kappa shape index (κ1) is 18.3. The zero-order valence-electron chi connectivity index (χ0n) is 17.6. The molecule has 146 valence electrons. The first-order valence-corrected chi connectivity index (χ1v) is 10.3. The summed E-state index contributed by atoms with van der Waals surface area (Å²) in [7, 11) is 4.26. The molecule has 3 aromatic carbocycles. The number of hydrogen-bond donors (Lipinski definition) is 0. The predicted molar refractivity (Wildman–Crippen MR) is 121 cm³/mol. The zero-order valence-corrected chi connectivity index (χ0v) is 17.6. The Balaban J connectivity index is 1.85. The van der Waals surface area contributed by atoms with Gasteiger partial charge in [-0.1, -0.05) is 36.4 Å². The van der Waals surface area contributed by atoms with Gasteiger partial charge in [0.2, 0.25) is 5.69 Å². The standard InChI is InChI=1S/C27H25N3/c1-20-22(24-16-9-10-19-28(24)2)14-11-15-23(20)27-29(3)25-17-7-8-18-26(25)30(27)21-12-5-4-6-13-21/h4-19H,1-3H3/q+2. The van der Waals surface area contributed by atoms with Crippen LogP contribution < -0.4 is 9.13 Å². The lowest BCUT2D eigenvalue weighted by Gasteiger charge is -2.10. The summed E-state index contributed by atoms with van der Waals surface area (Å²) in [5, 5.41) is 0. The van der Waals surface area contributed by atoms with Gasteiger partial charge in [-0.05, 0) is 55.0 Å². The summed E-state index contributed by atoms with van der Waals surface area (Å²) in [6, 6.07) is 32.2. The molecule has 0 radical (unpaired) electrons. The number of nitrogens with zero attached hydrogens (tertiary/aromatic N) is 3. The zero-order chi connectivity index (χ0) is 20.7. The van der Waals surface area contributed by atoms with Crippen LogP contribution in [0.4, 0.5) is 0 Å². The van der Waals surface area contributed by atoms with Crippen LogP contribution in [0.1, 0.15) is 5.56 Å². The third-order valence-corrected chi connectivity index (χ3v) is 5.93. The van der Waals surface area contributed by atoms with Crippen molar-refractivity contribution in [2.75, 3.05) is 0 Å². The molecule has 0 aliphatic rings. The predicted octanol–water partition coefficient (Wildman–Crippen LogP) is 4.92. The highest BCUT2D eigenvalue weighted by atomic mass is 15.2. The monoisotopic (exact) mass is 391 g/mol. The Hall–Kier alpha value is -3.72. The van der Waals surface area contributed by atoms with E-state index in [0.717, 1.165) is 0 Å². The van der Waals surface area contributed by atoms with Gasteiger partial charge in [0, 0.05) is 17.7 Å². The van der Waals surface area contributed by atoms with Gasteiger partial charge in [0.1, 0.15) is 12.7 Å². The van der Waals surface area contributed by atoms with Crippen LogP contribution >= 0.6 is 0 Å². The van der Waals surface area contributed by atoms with Gasteiger partial charge in [0.05, 0.1) is 12.6 Å². The van der Waals surface area contributed by atoms with E-state index in [4.69, 9.17) is 0 Å². The first-order valence-electron chi connectivity index (χ1n) is 10.3. The average Bonchev–Trinajstić information content (AvgIpc) is 3.08. The molecule has 30 heavy (non-hydrogen) atoms. The quantitative estimate of drug-likeness (QED) is 0.387. The number of imidazole rings is 1. The average molecular weight is 392 g/mol. The van der Waals surface area contributed by atoms with Crippen molar-refractivity contribution in [1.82, 2.24) is 4.57 Å². The summed E-state index contributed by atoms with van der Waals surface area (Å²) in [6.45, 7) is 2.23. The molecule has 0 aliphatic carbocycles. The number of aryl methyl sites for hydroxylation is 2. The minimum Gasteiger partial charge on any atom is -0.225 e. The molecule has 2 aromatic heterocycles. The van der Waals surface area contributed by atoms with Crippen molar-refractivity contribution in [3.05, 3.63) is 103 Å². The molecule has 0 saturated heterocycles. The number of rotatable bonds is 3. The SMILES string of the molecule is Cc1c(-c2cccc[n+]2C)cccc1-c1n(-c2ccccc2)c2ccccc2[n+]1C. The van der Waals surface area contributed by atoms with Crippen LogP contribution in [0.5, 0.6) is 0 Å². The van der Waals surface area contributed by atoms with Crippen LogP contribution in [0, 0.1) is 6.92 Å². The van der Waals surface area contributed by atoms with Crippen molar-refractivity contribution in [3.63, 3.8) is 0 Å². The van der Waals surface area contributed by atoms with E-state index in [0.29, 0.717) is 0 Å². The Morgan fingerprint density at radius 3 is 2.17 bits per heavy atom. The minimum absolute atomic E-state index is 1.17. The van der Waals surface area contributed by atoms with E-state index in [-0.39, 0.29) is 0 Å². The highest BCUT2D eigenvalue weighted by Gasteiger charge is 2.28. The molecule has 0 atom stereocenters. The van der Waals surface area contributed by atoms with Gasteiger partial charge in [-0.25, -0.2) is 9.13 Å². The van der Waals surface area contributed by atoms with E-state index in [9.17, 15) is 0 Å². The summed E-state index contributed by atoms with van der Waals surface area (Å²) >= 11 is 0. The van der Waals surface area contributed by atoms with Crippen molar-refractivity contribution >= 4 is 11.0 Å². The Kier molecular flexibility index (Phi) is 4.44. The number of fused-ring (bicyclic) bond motifs is 1. The normalized spacial score (nSPS) is 11.2. The van der Waals surface area contributed by atoms with Gasteiger partial charge >= 0.3 is 0 Å². The summed E-state index contributed by atoms with van der Waals surface area (Å²) in [5.41, 5.74) is 8.55. The van der Waals surface area contributed by atoms with Crippen molar-refractivity contribution in [2.45, 2.75) is 6.92 Å². The summed E-state index contributed by atoms with van der Waals surface area (Å²) in [6.07, 6.45) is 2.10. The Labute approximate surface area is 177 Å². The number of benzene rings is 3. The first-order chi connectivity index (χ1) is 14.7. The lowest BCUT2D eigenvalue weighted by molar-refractivity contribution is -0.660. The minimum atomic E-state index is 1.17. The molecule has 0 unspecified atom stereocenters. The van der Waals surface area contributed by atoms with Crippen molar-refractivity contribution < 1.29 is 9.13 Å². The summed E-state index contributed by atoms with van der Waals surface area (Å²) in [4.78, 5) is 0. The van der Waals surface area contributed by atoms with Crippen molar-refractivity contribution in [2.24, 2.45) is 14.1 Å². The second kappa shape index (κ2) is 7.27. The maximum Gasteiger partial charge on any atom is 0.295 e. The fraction of sp³-hybridized carbons (Fsp3) is 0.111. The Bertz CT molecular complexity index is 1360. The highest BCUT2D eigenvalue weighted by molar-refractivity contribution is 5.81. The van der Waals surface area contributed by atoms with Gasteiger partial charge in [-0.3, -0.25) is 0 Å². The molecular formula is C27H25N3+2. The molecule has 5 aromatic rings. The number of aromatic nitrogens is 3. The van der Waals surface area contributed by atoms with Crippen molar-refractivity contribution in [1.29, 1.82) is 0 Å². The number of pyridine rings is 1. The molecule has 0 spiro atoms. The molecular weight excluding hydrogens is 366 g/mol. The molecule has 0 fully saturated rings. The van der Waals surface area contributed by atoms with Crippen molar-refractivity contribution in [3.8, 4) is 28.3 Å². The van der Waals surface area contributed by atoms with Gasteiger partial charge in [0.25, 0.3) is 5.82 Å². The van der Waals surface area contributed by atoms with Crippen LogP contribution in [0.3, 0.4) is 0 Å². The fourth-order valence-electron chi connectivity index (χ4n) is 4.41. The topological polar surface area (TPSA) is 12.7 Å². The molecule has 0 bridgehead atoms. The van der Waals surface area contributed by atoms with Crippen LogP contribution in [0.25, 0.3) is 39.4 Å². The second-order valence-corrected chi connectivity index (χ2v) is 7.72. The molecule has 0 aliphatic heterocycles. The Morgan fingerprint density at radius 2 is 1.37 bits per heavy atom. The molecule has 2 heterocycles. The lowest BCUT2D eigenvalue weighted by Crippen LogP contribution is -2.31. The third kappa shape index (κ3) is 2.82. The molecule has 3 nitrogen and oxygen atoms in total. The van der Waals surface area contributed by atoms with Gasteiger partial charge in [-0.15, -0.1) is 0 Å². The van der Waals surface area contributed by atoms with Crippen LogP contribution in [-0.2, 0) is 14.1 Å². The van der Waals surface area contributed by atoms with Gasteiger partial charge in [0.15, 0.2) is 17.2 Å². The maximum atomic E-state index is 2.37. The fourth-order valence-corrected chi connectivity index (χ4v) is 4.41. The second-order valence-electron chi connectivity index (χ2n) is 7.72. The summed E-state index contributed by atoms with van der Waals surface area (Å²) < 4.78 is 6.85. The molecule has 0 N–H and O–H groups in total. The van der Waals surface area contributed by atoms with Crippen LogP contribution in [-0.4, -0.2) is 4.57 Å². The van der Waals surface area contributed by atoms with Gasteiger partial charge < -0.3 is 0 Å². The largest absolute Gasteiger partial charge is 0.295 e. The van der Waals surface area contributed by atoms with E-state index < -0.39 is 0 Å². The van der Waals surface area contributed by atoms with Crippen LogP contribution in [0.2, 0.25) is 0 Å². The van der Waals surface area contributed by atoms with E-state index in [2.05, 4.69) is 132 Å².